The number of unbranched alkanes of at least 4 members (excludes halogenated alkanes) is 4. The van der Waals surface area contributed by atoms with Crippen LogP contribution in [-0.2, 0) is 0 Å². The Kier molecular flexibility index (Phi) is 7.38. The van der Waals surface area contributed by atoms with Crippen LogP contribution in [0.2, 0.25) is 0 Å². The van der Waals surface area contributed by atoms with Gasteiger partial charge in [0, 0.05) is 5.56 Å². The van der Waals surface area contributed by atoms with Crippen LogP contribution in [0.25, 0.3) is 11.1 Å². The molecule has 0 amide bonds. The summed E-state index contributed by atoms with van der Waals surface area (Å²) in [7, 11) is 0. The van der Waals surface area contributed by atoms with Crippen molar-refractivity contribution in [3.05, 3.63) is 48.0 Å². The second kappa shape index (κ2) is 9.75. The van der Waals surface area contributed by atoms with Gasteiger partial charge in [-0.05, 0) is 36.2 Å². The van der Waals surface area contributed by atoms with Gasteiger partial charge in [-0.2, -0.15) is 4.39 Å². The van der Waals surface area contributed by atoms with E-state index in [1.54, 1.807) is 24.3 Å². The van der Waals surface area contributed by atoms with Crippen molar-refractivity contribution in [2.75, 3.05) is 6.61 Å². The van der Waals surface area contributed by atoms with E-state index in [0.717, 1.165) is 18.9 Å². The normalized spacial score (nSPS) is 10.6. The van der Waals surface area contributed by atoms with Gasteiger partial charge in [0.2, 0.25) is 5.82 Å². The molecule has 140 valence electrons. The number of ether oxygens (including phenoxy) is 2. The van der Waals surface area contributed by atoms with Crippen LogP contribution in [-0.4, -0.2) is 17.9 Å². The minimum atomic E-state index is -1.70. The molecule has 0 bridgehead atoms. The maximum Gasteiger partial charge on any atom is 0.511 e. The summed E-state index contributed by atoms with van der Waals surface area (Å²) in [5.41, 5.74) is 0.477. The Morgan fingerprint density at radius 1 is 0.962 bits per heavy atom. The first-order chi connectivity index (χ1) is 12.5. The Hall–Kier alpha value is -2.63. The van der Waals surface area contributed by atoms with E-state index in [0.29, 0.717) is 17.9 Å². The third kappa shape index (κ3) is 5.44. The summed E-state index contributed by atoms with van der Waals surface area (Å²) < 4.78 is 37.9. The van der Waals surface area contributed by atoms with Gasteiger partial charge in [-0.1, -0.05) is 44.7 Å². The molecule has 6 heteroatoms. The number of hydrogen-bond donors (Lipinski definition) is 1. The van der Waals surface area contributed by atoms with Crippen LogP contribution in [0, 0.1) is 11.6 Å². The zero-order valence-electron chi connectivity index (χ0n) is 14.6. The summed E-state index contributed by atoms with van der Waals surface area (Å²) in [6, 6.07) is 9.01. The highest BCUT2D eigenvalue weighted by atomic mass is 19.2. The first kappa shape index (κ1) is 19.7. The average molecular weight is 364 g/mol. The van der Waals surface area contributed by atoms with Crippen molar-refractivity contribution in [1.82, 2.24) is 0 Å². The second-order valence-corrected chi connectivity index (χ2v) is 5.89. The predicted octanol–water partition coefficient (Wildman–Crippen LogP) is 6.04. The van der Waals surface area contributed by atoms with Crippen LogP contribution in [0.1, 0.15) is 39.0 Å². The first-order valence-corrected chi connectivity index (χ1v) is 8.65. The molecule has 0 spiro atoms. The van der Waals surface area contributed by atoms with Crippen LogP contribution >= 0.6 is 0 Å². The van der Waals surface area contributed by atoms with E-state index in [1.165, 1.54) is 25.3 Å². The maximum absolute atomic E-state index is 14.2. The molecule has 0 saturated carbocycles. The first-order valence-electron chi connectivity index (χ1n) is 8.65. The van der Waals surface area contributed by atoms with E-state index >= 15 is 0 Å². The van der Waals surface area contributed by atoms with Crippen molar-refractivity contribution in [2.45, 2.75) is 39.0 Å². The monoisotopic (exact) mass is 364 g/mol. The fourth-order valence-corrected chi connectivity index (χ4v) is 2.55. The molecule has 0 unspecified atom stereocenters. The molecule has 26 heavy (non-hydrogen) atoms. The van der Waals surface area contributed by atoms with E-state index in [4.69, 9.17) is 9.84 Å². The fraction of sp³-hybridized carbons (Fsp3) is 0.350. The number of rotatable bonds is 9. The molecule has 0 atom stereocenters. The molecular formula is C20H22F2O4. The molecule has 2 rings (SSSR count). The molecule has 0 saturated heterocycles. The Bertz CT molecular complexity index is 729. The Morgan fingerprint density at radius 3 is 2.31 bits per heavy atom. The third-order valence-corrected chi connectivity index (χ3v) is 3.93. The molecule has 0 aliphatic heterocycles. The van der Waals surface area contributed by atoms with Crippen molar-refractivity contribution < 1.29 is 28.2 Å². The second-order valence-electron chi connectivity index (χ2n) is 5.89. The summed E-state index contributed by atoms with van der Waals surface area (Å²) in [6.07, 6.45) is 4.03. The third-order valence-electron chi connectivity index (χ3n) is 3.93. The lowest BCUT2D eigenvalue weighted by Crippen LogP contribution is -2.06. The Balaban J connectivity index is 1.99. The minimum absolute atomic E-state index is 0.0198. The summed E-state index contributed by atoms with van der Waals surface area (Å²) >= 11 is 0. The van der Waals surface area contributed by atoms with Gasteiger partial charge in [0.05, 0.1) is 6.61 Å². The van der Waals surface area contributed by atoms with Crippen molar-refractivity contribution in [3.63, 3.8) is 0 Å². The van der Waals surface area contributed by atoms with Crippen molar-refractivity contribution in [2.24, 2.45) is 0 Å². The number of halogens is 2. The zero-order valence-corrected chi connectivity index (χ0v) is 14.6. The predicted molar refractivity (Wildman–Crippen MR) is 94.7 cm³/mol. The lowest BCUT2D eigenvalue weighted by molar-refractivity contribution is 0.142. The highest BCUT2D eigenvalue weighted by molar-refractivity contribution is 5.67. The molecule has 0 aliphatic carbocycles. The minimum Gasteiger partial charge on any atom is -0.494 e. The summed E-state index contributed by atoms with van der Waals surface area (Å²) in [4.78, 5) is 10.5. The number of carboxylic acid groups (broad SMARTS) is 1. The van der Waals surface area contributed by atoms with Gasteiger partial charge in [-0.25, -0.2) is 9.18 Å². The smallest absolute Gasteiger partial charge is 0.494 e. The molecule has 0 fully saturated rings. The molecule has 0 radical (unpaired) electrons. The van der Waals surface area contributed by atoms with Crippen LogP contribution < -0.4 is 9.47 Å². The topological polar surface area (TPSA) is 55.8 Å². The molecule has 1 N–H and O–H groups in total. The zero-order chi connectivity index (χ0) is 18.9. The van der Waals surface area contributed by atoms with Gasteiger partial charge in [0.15, 0.2) is 11.6 Å². The van der Waals surface area contributed by atoms with Crippen LogP contribution in [0.4, 0.5) is 13.6 Å². The lowest BCUT2D eigenvalue weighted by atomic mass is 10.0. The molecule has 0 aromatic heterocycles. The van der Waals surface area contributed by atoms with E-state index in [2.05, 4.69) is 11.7 Å². The number of benzene rings is 2. The number of hydrogen-bond acceptors (Lipinski definition) is 3. The molecule has 4 nitrogen and oxygen atoms in total. The van der Waals surface area contributed by atoms with Gasteiger partial charge >= 0.3 is 6.16 Å². The standard InChI is InChI=1S/C20H22F2O4/c1-2-3-4-5-6-13-25-15-9-7-14(8-10-15)16-11-12-17(26-20(23)24)19(22)18(16)21/h7-12H,2-6,13H2,1H3,(H,23,24). The summed E-state index contributed by atoms with van der Waals surface area (Å²) in [6.45, 7) is 2.78. The Morgan fingerprint density at radius 2 is 1.65 bits per heavy atom. The molecule has 0 heterocycles. The maximum atomic E-state index is 14.2. The largest absolute Gasteiger partial charge is 0.511 e. The highest BCUT2D eigenvalue weighted by Gasteiger charge is 2.17. The van der Waals surface area contributed by atoms with Crippen LogP contribution in [0.5, 0.6) is 11.5 Å². The van der Waals surface area contributed by atoms with Gasteiger partial charge in [0.1, 0.15) is 5.75 Å². The molecule has 2 aromatic carbocycles. The lowest BCUT2D eigenvalue weighted by Gasteiger charge is -2.09. The van der Waals surface area contributed by atoms with E-state index in [-0.39, 0.29) is 5.56 Å². The van der Waals surface area contributed by atoms with E-state index in [1.807, 2.05) is 0 Å². The average Bonchev–Trinajstić information content (AvgIpc) is 2.62. The van der Waals surface area contributed by atoms with Gasteiger partial charge < -0.3 is 14.6 Å². The van der Waals surface area contributed by atoms with E-state index < -0.39 is 23.5 Å². The molecule has 0 aliphatic rings. The Labute approximate surface area is 151 Å². The molecule has 2 aromatic rings. The van der Waals surface area contributed by atoms with Crippen molar-refractivity contribution >= 4 is 6.16 Å². The van der Waals surface area contributed by atoms with Gasteiger partial charge in [-0.3, -0.25) is 0 Å². The quantitative estimate of drug-likeness (QED) is 0.335. The fourth-order valence-electron chi connectivity index (χ4n) is 2.55. The van der Waals surface area contributed by atoms with Crippen molar-refractivity contribution in [3.8, 4) is 22.6 Å². The van der Waals surface area contributed by atoms with Crippen LogP contribution in [0.15, 0.2) is 36.4 Å². The molecular weight excluding hydrogens is 342 g/mol. The summed E-state index contributed by atoms with van der Waals surface area (Å²) in [5.74, 6) is -2.50. The highest BCUT2D eigenvalue weighted by Crippen LogP contribution is 2.31. The van der Waals surface area contributed by atoms with Crippen molar-refractivity contribution in [1.29, 1.82) is 0 Å². The van der Waals surface area contributed by atoms with Gasteiger partial charge in [0.25, 0.3) is 0 Å². The van der Waals surface area contributed by atoms with Crippen LogP contribution in [0.3, 0.4) is 0 Å². The number of carbonyl (C=O) groups is 1. The van der Waals surface area contributed by atoms with Gasteiger partial charge in [-0.15, -0.1) is 0 Å². The summed E-state index contributed by atoms with van der Waals surface area (Å²) in [5, 5.41) is 8.51. The SMILES string of the molecule is CCCCCCCOc1ccc(-c2ccc(OC(=O)O)c(F)c2F)cc1. The van der Waals surface area contributed by atoms with E-state index in [9.17, 15) is 13.6 Å².